The summed E-state index contributed by atoms with van der Waals surface area (Å²) in [7, 11) is 3.12. The smallest absolute Gasteiger partial charge is 0.322 e. The highest BCUT2D eigenvalue weighted by Gasteiger charge is 2.16. The summed E-state index contributed by atoms with van der Waals surface area (Å²) in [4.78, 5) is 11.1. The predicted octanol–water partition coefficient (Wildman–Crippen LogP) is 0.562. The Morgan fingerprint density at radius 2 is 2.08 bits per heavy atom. The Kier molecular flexibility index (Phi) is 6.54. The number of ether oxygens (including phenoxy) is 2. The zero-order valence-electron chi connectivity index (χ0n) is 8.79. The van der Waals surface area contributed by atoms with Gasteiger partial charge in [-0.05, 0) is 27.3 Å². The Balaban J connectivity index is 3.66. The van der Waals surface area contributed by atoms with E-state index in [4.69, 9.17) is 4.74 Å². The molecular formula is C9H19NO3. The summed E-state index contributed by atoms with van der Waals surface area (Å²) >= 11 is 0. The second kappa shape index (κ2) is 6.86. The third kappa shape index (κ3) is 5.60. The topological polar surface area (TPSA) is 47.6 Å². The molecule has 0 fully saturated rings. The molecular weight excluding hydrogens is 170 g/mol. The number of hydrogen-bond acceptors (Lipinski definition) is 4. The van der Waals surface area contributed by atoms with Crippen LogP contribution in [-0.4, -0.2) is 38.9 Å². The Morgan fingerprint density at radius 3 is 2.46 bits per heavy atom. The van der Waals surface area contributed by atoms with E-state index < -0.39 is 0 Å². The maximum Gasteiger partial charge on any atom is 0.322 e. The molecule has 0 rings (SSSR count). The molecule has 0 aliphatic carbocycles. The van der Waals surface area contributed by atoms with Crippen LogP contribution in [0.2, 0.25) is 0 Å². The Labute approximate surface area is 79.6 Å². The van der Waals surface area contributed by atoms with Gasteiger partial charge in [0, 0.05) is 6.61 Å². The zero-order valence-corrected chi connectivity index (χ0v) is 8.79. The molecule has 4 nitrogen and oxygen atoms in total. The van der Waals surface area contributed by atoms with Crippen molar-refractivity contribution in [1.82, 2.24) is 5.32 Å². The minimum absolute atomic E-state index is 0.204. The second-order valence-electron chi connectivity index (χ2n) is 3.07. The molecule has 0 saturated carbocycles. The van der Waals surface area contributed by atoms with Crippen molar-refractivity contribution in [2.75, 3.05) is 20.8 Å². The molecule has 0 saturated heterocycles. The Hall–Kier alpha value is -0.610. The summed E-state index contributed by atoms with van der Waals surface area (Å²) in [6, 6.07) is -0.260. The Bertz CT molecular complexity index is 148. The van der Waals surface area contributed by atoms with E-state index in [1.807, 2.05) is 13.8 Å². The highest BCUT2D eigenvalue weighted by Crippen LogP contribution is 1.97. The van der Waals surface area contributed by atoms with Gasteiger partial charge < -0.3 is 14.8 Å². The summed E-state index contributed by atoms with van der Waals surface area (Å²) in [6.07, 6.45) is 0.844. The summed E-state index contributed by atoms with van der Waals surface area (Å²) in [5.41, 5.74) is 0. The minimum atomic E-state index is -0.260. The largest absolute Gasteiger partial charge is 0.468 e. The number of carbonyl (C=O) groups is 1. The highest BCUT2D eigenvalue weighted by atomic mass is 16.5. The van der Waals surface area contributed by atoms with Crippen molar-refractivity contribution < 1.29 is 14.3 Å². The zero-order chi connectivity index (χ0) is 10.3. The van der Waals surface area contributed by atoms with Crippen LogP contribution in [0.5, 0.6) is 0 Å². The van der Waals surface area contributed by atoms with Crippen LogP contribution >= 0.6 is 0 Å². The van der Waals surface area contributed by atoms with Gasteiger partial charge >= 0.3 is 5.97 Å². The molecule has 0 aliphatic rings. The van der Waals surface area contributed by atoms with Gasteiger partial charge in [-0.3, -0.25) is 4.79 Å². The molecule has 4 heteroatoms. The monoisotopic (exact) mass is 189 g/mol. The lowest BCUT2D eigenvalue weighted by atomic mass is 10.2. The van der Waals surface area contributed by atoms with Crippen LogP contribution in [-0.2, 0) is 14.3 Å². The van der Waals surface area contributed by atoms with E-state index in [1.54, 1.807) is 7.05 Å². The van der Waals surface area contributed by atoms with Crippen LogP contribution in [0.1, 0.15) is 20.3 Å². The molecule has 0 radical (unpaired) electrons. The fourth-order valence-corrected chi connectivity index (χ4v) is 0.944. The van der Waals surface area contributed by atoms with Gasteiger partial charge in [-0.2, -0.15) is 0 Å². The van der Waals surface area contributed by atoms with Gasteiger partial charge in [0.2, 0.25) is 0 Å². The van der Waals surface area contributed by atoms with E-state index in [0.717, 1.165) is 0 Å². The van der Waals surface area contributed by atoms with Crippen LogP contribution in [0.4, 0.5) is 0 Å². The SMILES string of the molecule is CNC(CCOC(C)C)C(=O)OC. The molecule has 13 heavy (non-hydrogen) atoms. The first-order valence-electron chi connectivity index (χ1n) is 4.48. The molecule has 1 unspecified atom stereocenters. The number of carbonyl (C=O) groups excluding carboxylic acids is 1. The number of nitrogens with one attached hydrogen (secondary N) is 1. The molecule has 0 aromatic carbocycles. The average molecular weight is 189 g/mol. The number of esters is 1. The number of methoxy groups -OCH3 is 1. The fraction of sp³-hybridized carbons (Fsp3) is 0.889. The van der Waals surface area contributed by atoms with Gasteiger partial charge in [0.25, 0.3) is 0 Å². The summed E-state index contributed by atoms with van der Waals surface area (Å²) < 4.78 is 9.92. The van der Waals surface area contributed by atoms with Crippen molar-refractivity contribution in [3.05, 3.63) is 0 Å². The van der Waals surface area contributed by atoms with Crippen molar-refractivity contribution >= 4 is 5.97 Å². The lowest BCUT2D eigenvalue weighted by Crippen LogP contribution is -2.36. The summed E-state index contributed by atoms with van der Waals surface area (Å²) in [5.74, 6) is -0.241. The van der Waals surface area contributed by atoms with E-state index in [1.165, 1.54) is 7.11 Å². The number of hydrogen-bond donors (Lipinski definition) is 1. The maximum absolute atomic E-state index is 11.1. The van der Waals surface area contributed by atoms with Gasteiger partial charge in [-0.1, -0.05) is 0 Å². The van der Waals surface area contributed by atoms with E-state index in [-0.39, 0.29) is 18.1 Å². The number of rotatable bonds is 6. The van der Waals surface area contributed by atoms with E-state index in [0.29, 0.717) is 13.0 Å². The lowest BCUT2D eigenvalue weighted by Gasteiger charge is -2.14. The standard InChI is InChI=1S/C9H19NO3/c1-7(2)13-6-5-8(10-3)9(11)12-4/h7-8,10H,5-6H2,1-4H3. The third-order valence-corrected chi connectivity index (χ3v) is 1.69. The first-order chi connectivity index (χ1) is 6.11. The number of likely N-dealkylation sites (N-methyl/N-ethyl adjacent to an activating group) is 1. The highest BCUT2D eigenvalue weighted by molar-refractivity contribution is 5.75. The van der Waals surface area contributed by atoms with Crippen molar-refractivity contribution in [2.45, 2.75) is 32.4 Å². The molecule has 0 aliphatic heterocycles. The van der Waals surface area contributed by atoms with E-state index in [9.17, 15) is 4.79 Å². The predicted molar refractivity (Wildman–Crippen MR) is 50.6 cm³/mol. The van der Waals surface area contributed by atoms with Gasteiger partial charge in [-0.25, -0.2) is 0 Å². The normalized spacial score (nSPS) is 13.0. The molecule has 0 heterocycles. The molecule has 0 spiro atoms. The van der Waals surface area contributed by atoms with Crippen LogP contribution in [0.15, 0.2) is 0 Å². The van der Waals surface area contributed by atoms with Crippen molar-refractivity contribution in [2.24, 2.45) is 0 Å². The summed E-state index contributed by atoms with van der Waals surface area (Å²) in [5, 5.41) is 2.87. The van der Waals surface area contributed by atoms with Crippen LogP contribution in [0, 0.1) is 0 Å². The lowest BCUT2D eigenvalue weighted by molar-refractivity contribution is -0.143. The van der Waals surface area contributed by atoms with Crippen LogP contribution in [0.3, 0.4) is 0 Å². The second-order valence-corrected chi connectivity index (χ2v) is 3.07. The maximum atomic E-state index is 11.1. The van der Waals surface area contributed by atoms with Crippen molar-refractivity contribution in [1.29, 1.82) is 0 Å². The van der Waals surface area contributed by atoms with Gasteiger partial charge in [-0.15, -0.1) is 0 Å². The van der Waals surface area contributed by atoms with Gasteiger partial charge in [0.15, 0.2) is 0 Å². The first kappa shape index (κ1) is 12.4. The van der Waals surface area contributed by atoms with Crippen LogP contribution in [0.25, 0.3) is 0 Å². The minimum Gasteiger partial charge on any atom is -0.468 e. The molecule has 1 N–H and O–H groups in total. The molecule has 78 valence electrons. The van der Waals surface area contributed by atoms with Gasteiger partial charge in [0.05, 0.1) is 13.2 Å². The van der Waals surface area contributed by atoms with Crippen molar-refractivity contribution in [3.8, 4) is 0 Å². The van der Waals surface area contributed by atoms with E-state index >= 15 is 0 Å². The first-order valence-corrected chi connectivity index (χ1v) is 4.48. The van der Waals surface area contributed by atoms with Crippen LogP contribution < -0.4 is 5.32 Å². The average Bonchev–Trinajstić information content (AvgIpc) is 2.11. The Morgan fingerprint density at radius 1 is 1.46 bits per heavy atom. The van der Waals surface area contributed by atoms with Gasteiger partial charge in [0.1, 0.15) is 6.04 Å². The summed E-state index contributed by atoms with van der Waals surface area (Å²) in [6.45, 7) is 4.50. The fourth-order valence-electron chi connectivity index (χ4n) is 0.944. The quantitative estimate of drug-likeness (QED) is 0.620. The third-order valence-electron chi connectivity index (χ3n) is 1.69. The molecule has 0 aromatic rings. The molecule has 0 amide bonds. The molecule has 1 atom stereocenters. The van der Waals surface area contributed by atoms with Crippen molar-refractivity contribution in [3.63, 3.8) is 0 Å². The molecule has 0 aromatic heterocycles. The van der Waals surface area contributed by atoms with E-state index in [2.05, 4.69) is 10.1 Å². The molecule has 0 bridgehead atoms.